The number of carbonyl (C=O) groups excluding carboxylic acids is 1. The first kappa shape index (κ1) is 10.6. The molecule has 6 nitrogen and oxygen atoms in total. The summed E-state index contributed by atoms with van der Waals surface area (Å²) in [6.07, 6.45) is 2.40. The molecule has 1 aromatic heterocycles. The second kappa shape index (κ2) is 6.09. The molecular weight excluding hydrogens is 182 g/mol. The maximum Gasteiger partial charge on any atom is 0.288 e. The van der Waals surface area contributed by atoms with E-state index >= 15 is 0 Å². The van der Waals surface area contributed by atoms with E-state index in [4.69, 9.17) is 0 Å². The maximum atomic E-state index is 11.3. The van der Waals surface area contributed by atoms with E-state index in [1.807, 2.05) is 0 Å². The Morgan fingerprint density at radius 2 is 2.36 bits per heavy atom. The molecule has 0 aliphatic rings. The fourth-order valence-corrected chi connectivity index (χ4v) is 0.965. The Kier molecular flexibility index (Phi) is 4.63. The van der Waals surface area contributed by atoms with E-state index in [1.165, 1.54) is 6.33 Å². The fraction of sp³-hybridized carbons (Fsp3) is 0.625. The molecule has 0 aromatic carbocycles. The third-order valence-corrected chi connectivity index (χ3v) is 1.64. The van der Waals surface area contributed by atoms with Gasteiger partial charge in [-0.15, -0.1) is 0 Å². The predicted octanol–water partition coefficient (Wildman–Crippen LogP) is -0.466. The fourth-order valence-electron chi connectivity index (χ4n) is 0.965. The van der Waals surface area contributed by atoms with Gasteiger partial charge in [0.15, 0.2) is 0 Å². The number of aromatic amines is 1. The van der Waals surface area contributed by atoms with E-state index in [0.29, 0.717) is 6.54 Å². The number of nitrogens with one attached hydrogen (secondary N) is 3. The Labute approximate surface area is 82.5 Å². The third-order valence-electron chi connectivity index (χ3n) is 1.64. The molecule has 3 N–H and O–H groups in total. The van der Waals surface area contributed by atoms with Crippen LogP contribution in [0.25, 0.3) is 0 Å². The molecule has 0 radical (unpaired) electrons. The first-order chi connectivity index (χ1) is 6.84. The van der Waals surface area contributed by atoms with Gasteiger partial charge in [0.25, 0.3) is 5.91 Å². The minimum Gasteiger partial charge on any atom is -0.348 e. The van der Waals surface area contributed by atoms with Crippen molar-refractivity contribution in [2.24, 2.45) is 0 Å². The van der Waals surface area contributed by atoms with Crippen molar-refractivity contribution in [2.45, 2.75) is 13.3 Å². The molecule has 1 rings (SSSR count). The normalized spacial score (nSPS) is 10.1. The van der Waals surface area contributed by atoms with Crippen molar-refractivity contribution in [2.75, 3.05) is 19.6 Å². The second-order valence-corrected chi connectivity index (χ2v) is 2.84. The van der Waals surface area contributed by atoms with Crippen molar-refractivity contribution in [3.63, 3.8) is 0 Å². The Morgan fingerprint density at radius 1 is 1.50 bits per heavy atom. The zero-order valence-corrected chi connectivity index (χ0v) is 8.21. The maximum absolute atomic E-state index is 11.3. The topological polar surface area (TPSA) is 82.7 Å². The summed E-state index contributed by atoms with van der Waals surface area (Å²) in [4.78, 5) is 15.0. The number of amides is 1. The van der Waals surface area contributed by atoms with Gasteiger partial charge in [-0.3, -0.25) is 9.89 Å². The minimum atomic E-state index is -0.221. The van der Waals surface area contributed by atoms with Gasteiger partial charge in [-0.1, -0.05) is 6.92 Å². The largest absolute Gasteiger partial charge is 0.348 e. The van der Waals surface area contributed by atoms with Crippen LogP contribution in [0.15, 0.2) is 6.33 Å². The number of aromatic nitrogens is 3. The van der Waals surface area contributed by atoms with Crippen LogP contribution in [0.3, 0.4) is 0 Å². The highest BCUT2D eigenvalue weighted by molar-refractivity contribution is 5.90. The Bertz CT molecular complexity index is 259. The Hall–Kier alpha value is -1.43. The van der Waals surface area contributed by atoms with Crippen LogP contribution in [-0.2, 0) is 0 Å². The molecule has 0 saturated heterocycles. The molecule has 0 bridgehead atoms. The zero-order valence-electron chi connectivity index (χ0n) is 8.21. The van der Waals surface area contributed by atoms with Crippen LogP contribution in [-0.4, -0.2) is 40.7 Å². The van der Waals surface area contributed by atoms with E-state index in [0.717, 1.165) is 19.5 Å². The molecule has 1 heterocycles. The first-order valence-corrected chi connectivity index (χ1v) is 4.69. The van der Waals surface area contributed by atoms with E-state index in [-0.39, 0.29) is 11.7 Å². The SMILES string of the molecule is CCCNCCNC(=O)c1ncn[nH]1. The molecule has 0 saturated carbocycles. The van der Waals surface area contributed by atoms with Gasteiger partial charge < -0.3 is 10.6 Å². The molecule has 78 valence electrons. The summed E-state index contributed by atoms with van der Waals surface area (Å²) < 4.78 is 0. The van der Waals surface area contributed by atoms with Crippen molar-refractivity contribution in [1.82, 2.24) is 25.8 Å². The zero-order chi connectivity index (χ0) is 10.2. The standard InChI is InChI=1S/C8H15N5O/c1-2-3-9-4-5-10-8(14)7-11-6-12-13-7/h6,9H,2-5H2,1H3,(H,10,14)(H,11,12,13). The predicted molar refractivity (Wildman–Crippen MR) is 51.9 cm³/mol. The van der Waals surface area contributed by atoms with Gasteiger partial charge in [-0.05, 0) is 13.0 Å². The van der Waals surface area contributed by atoms with Crippen molar-refractivity contribution in [3.8, 4) is 0 Å². The highest BCUT2D eigenvalue weighted by Crippen LogP contribution is 1.83. The van der Waals surface area contributed by atoms with Gasteiger partial charge in [0.2, 0.25) is 5.82 Å². The van der Waals surface area contributed by atoms with Crippen molar-refractivity contribution < 1.29 is 4.79 Å². The highest BCUT2D eigenvalue weighted by Gasteiger charge is 2.06. The Morgan fingerprint density at radius 3 is 3.00 bits per heavy atom. The van der Waals surface area contributed by atoms with E-state index in [1.54, 1.807) is 0 Å². The van der Waals surface area contributed by atoms with Crippen LogP contribution in [0.1, 0.15) is 24.0 Å². The molecule has 1 aromatic rings. The second-order valence-electron chi connectivity index (χ2n) is 2.84. The van der Waals surface area contributed by atoms with Gasteiger partial charge in [-0.2, -0.15) is 5.10 Å². The number of carbonyl (C=O) groups is 1. The molecule has 0 fully saturated rings. The number of hydrogen-bond donors (Lipinski definition) is 3. The summed E-state index contributed by atoms with van der Waals surface area (Å²) >= 11 is 0. The summed E-state index contributed by atoms with van der Waals surface area (Å²) in [6, 6.07) is 0. The number of nitrogens with zero attached hydrogens (tertiary/aromatic N) is 2. The smallest absolute Gasteiger partial charge is 0.288 e. The van der Waals surface area contributed by atoms with Crippen LogP contribution >= 0.6 is 0 Å². The van der Waals surface area contributed by atoms with Gasteiger partial charge >= 0.3 is 0 Å². The Balaban J connectivity index is 2.10. The van der Waals surface area contributed by atoms with Crippen LogP contribution in [0.2, 0.25) is 0 Å². The number of H-pyrrole nitrogens is 1. The third kappa shape index (κ3) is 3.53. The van der Waals surface area contributed by atoms with Crippen LogP contribution in [0, 0.1) is 0 Å². The quantitative estimate of drug-likeness (QED) is 0.539. The molecule has 14 heavy (non-hydrogen) atoms. The molecule has 0 atom stereocenters. The summed E-state index contributed by atoms with van der Waals surface area (Å²) in [7, 11) is 0. The molecular formula is C8H15N5O. The van der Waals surface area contributed by atoms with Crippen molar-refractivity contribution in [3.05, 3.63) is 12.2 Å². The van der Waals surface area contributed by atoms with Gasteiger partial charge in [-0.25, -0.2) is 4.98 Å². The van der Waals surface area contributed by atoms with Crippen LogP contribution < -0.4 is 10.6 Å². The average Bonchev–Trinajstić information content (AvgIpc) is 2.70. The van der Waals surface area contributed by atoms with Gasteiger partial charge in [0.05, 0.1) is 0 Å². The molecule has 6 heteroatoms. The van der Waals surface area contributed by atoms with Gasteiger partial charge in [0.1, 0.15) is 6.33 Å². The van der Waals surface area contributed by atoms with E-state index in [2.05, 4.69) is 32.7 Å². The molecule has 0 unspecified atom stereocenters. The highest BCUT2D eigenvalue weighted by atomic mass is 16.2. The molecule has 0 aliphatic carbocycles. The minimum absolute atomic E-state index is 0.221. The average molecular weight is 197 g/mol. The molecule has 1 amide bonds. The molecule has 0 aliphatic heterocycles. The van der Waals surface area contributed by atoms with E-state index < -0.39 is 0 Å². The number of hydrogen-bond acceptors (Lipinski definition) is 4. The first-order valence-electron chi connectivity index (χ1n) is 4.69. The lowest BCUT2D eigenvalue weighted by molar-refractivity contribution is 0.0944. The van der Waals surface area contributed by atoms with E-state index in [9.17, 15) is 4.79 Å². The van der Waals surface area contributed by atoms with Crippen molar-refractivity contribution in [1.29, 1.82) is 0 Å². The van der Waals surface area contributed by atoms with Crippen LogP contribution in [0.4, 0.5) is 0 Å². The lowest BCUT2D eigenvalue weighted by Crippen LogP contribution is -2.32. The number of rotatable bonds is 6. The lowest BCUT2D eigenvalue weighted by Gasteiger charge is -2.03. The van der Waals surface area contributed by atoms with Crippen LogP contribution in [0.5, 0.6) is 0 Å². The molecule has 0 spiro atoms. The summed E-state index contributed by atoms with van der Waals surface area (Å²) in [5.74, 6) is 0.0290. The lowest BCUT2D eigenvalue weighted by atomic mass is 10.4. The summed E-state index contributed by atoms with van der Waals surface area (Å²) in [6.45, 7) is 4.44. The summed E-state index contributed by atoms with van der Waals surface area (Å²) in [5.41, 5.74) is 0. The van der Waals surface area contributed by atoms with Crippen molar-refractivity contribution >= 4 is 5.91 Å². The monoisotopic (exact) mass is 197 g/mol. The van der Waals surface area contributed by atoms with Gasteiger partial charge in [0, 0.05) is 13.1 Å². The summed E-state index contributed by atoms with van der Waals surface area (Å²) in [5, 5.41) is 12.0.